The molecule has 0 saturated carbocycles. The van der Waals surface area contributed by atoms with Crippen molar-refractivity contribution in [3.05, 3.63) is 34.9 Å². The van der Waals surface area contributed by atoms with Crippen LogP contribution in [0.4, 0.5) is 0 Å². The van der Waals surface area contributed by atoms with Crippen molar-refractivity contribution in [3.63, 3.8) is 0 Å². The molecule has 1 unspecified atom stereocenters. The molecule has 4 heteroatoms. The molecule has 0 aliphatic carbocycles. The fourth-order valence-corrected chi connectivity index (χ4v) is 2.31. The van der Waals surface area contributed by atoms with E-state index in [0.29, 0.717) is 19.7 Å². The van der Waals surface area contributed by atoms with E-state index in [2.05, 4.69) is 37.4 Å². The molecule has 0 spiro atoms. The molecular weight excluding hydrogens is 240 g/mol. The highest BCUT2D eigenvalue weighted by atomic mass is 16.5. The maximum Gasteiger partial charge on any atom is 0.248 e. The predicted molar refractivity (Wildman–Crippen MR) is 75.1 cm³/mol. The Morgan fingerprint density at radius 1 is 1.37 bits per heavy atom. The minimum Gasteiger partial charge on any atom is -0.370 e. The van der Waals surface area contributed by atoms with Gasteiger partial charge in [0.05, 0.1) is 6.61 Å². The van der Waals surface area contributed by atoms with Crippen LogP contribution in [0.15, 0.2) is 18.2 Å². The lowest BCUT2D eigenvalue weighted by molar-refractivity contribution is -0.143. The number of carbonyl (C=O) groups excluding carboxylic acids is 1. The second-order valence-corrected chi connectivity index (χ2v) is 5.08. The van der Waals surface area contributed by atoms with Gasteiger partial charge in [0.15, 0.2) is 0 Å². The van der Waals surface area contributed by atoms with Gasteiger partial charge in [-0.2, -0.15) is 0 Å². The highest BCUT2D eigenvalue weighted by Gasteiger charge is 2.22. The normalized spacial score (nSPS) is 17.6. The van der Waals surface area contributed by atoms with Gasteiger partial charge in [-0.25, -0.2) is 0 Å². The van der Waals surface area contributed by atoms with Gasteiger partial charge in [0.1, 0.15) is 6.61 Å². The van der Waals surface area contributed by atoms with Crippen LogP contribution in [0.25, 0.3) is 0 Å². The first kappa shape index (κ1) is 14.0. The van der Waals surface area contributed by atoms with Crippen LogP contribution in [0.2, 0.25) is 0 Å². The van der Waals surface area contributed by atoms with Crippen molar-refractivity contribution < 1.29 is 9.53 Å². The Balaban J connectivity index is 2.10. The Kier molecular flexibility index (Phi) is 4.56. The van der Waals surface area contributed by atoms with Crippen LogP contribution in [0.1, 0.15) is 22.7 Å². The molecule has 0 bridgehead atoms. The second kappa shape index (κ2) is 6.17. The summed E-state index contributed by atoms with van der Waals surface area (Å²) in [6.07, 6.45) is 0. The third-order valence-corrected chi connectivity index (χ3v) is 3.77. The van der Waals surface area contributed by atoms with Gasteiger partial charge in [-0.3, -0.25) is 4.79 Å². The summed E-state index contributed by atoms with van der Waals surface area (Å²) < 4.78 is 5.16. The van der Waals surface area contributed by atoms with Crippen molar-refractivity contribution in [2.24, 2.45) is 0 Å². The zero-order valence-electron chi connectivity index (χ0n) is 11.9. The molecule has 1 heterocycles. The first-order valence-electron chi connectivity index (χ1n) is 6.71. The second-order valence-electron chi connectivity index (χ2n) is 5.08. The van der Waals surface area contributed by atoms with E-state index in [9.17, 15) is 4.79 Å². The van der Waals surface area contributed by atoms with Crippen LogP contribution < -0.4 is 5.32 Å². The van der Waals surface area contributed by atoms with Gasteiger partial charge >= 0.3 is 0 Å². The average Bonchev–Trinajstić information content (AvgIpc) is 2.41. The average molecular weight is 262 g/mol. The van der Waals surface area contributed by atoms with E-state index in [4.69, 9.17) is 4.74 Å². The van der Waals surface area contributed by atoms with E-state index in [1.807, 2.05) is 11.9 Å². The lowest BCUT2D eigenvalue weighted by Gasteiger charge is -2.30. The van der Waals surface area contributed by atoms with Crippen molar-refractivity contribution >= 4 is 5.91 Å². The molecule has 1 N–H and O–H groups in total. The van der Waals surface area contributed by atoms with E-state index in [-0.39, 0.29) is 18.6 Å². The fourth-order valence-electron chi connectivity index (χ4n) is 2.31. The molecule has 0 aromatic heterocycles. The zero-order valence-corrected chi connectivity index (χ0v) is 11.9. The Morgan fingerprint density at radius 2 is 2.16 bits per heavy atom. The molecular formula is C15H22N2O2. The number of ether oxygens (including phenoxy) is 1. The number of benzene rings is 1. The third-order valence-electron chi connectivity index (χ3n) is 3.77. The van der Waals surface area contributed by atoms with Gasteiger partial charge < -0.3 is 15.0 Å². The number of amides is 1. The Hall–Kier alpha value is -1.39. The molecule has 2 rings (SSSR count). The molecule has 1 fully saturated rings. The van der Waals surface area contributed by atoms with Gasteiger partial charge in [-0.05, 0) is 37.6 Å². The van der Waals surface area contributed by atoms with Crippen LogP contribution in [0.5, 0.6) is 0 Å². The van der Waals surface area contributed by atoms with Crippen LogP contribution in [-0.4, -0.2) is 44.2 Å². The molecule has 1 aliphatic rings. The summed E-state index contributed by atoms with van der Waals surface area (Å²) in [4.78, 5) is 13.6. The number of carbonyl (C=O) groups is 1. The topological polar surface area (TPSA) is 41.6 Å². The monoisotopic (exact) mass is 262 g/mol. The van der Waals surface area contributed by atoms with Gasteiger partial charge in [-0.15, -0.1) is 0 Å². The molecule has 1 saturated heterocycles. The van der Waals surface area contributed by atoms with Crippen LogP contribution >= 0.6 is 0 Å². The number of rotatable bonds is 4. The maximum atomic E-state index is 11.8. The van der Waals surface area contributed by atoms with Crippen molar-refractivity contribution in [2.45, 2.75) is 19.9 Å². The molecule has 19 heavy (non-hydrogen) atoms. The molecule has 1 aromatic rings. The summed E-state index contributed by atoms with van der Waals surface area (Å²) in [5.41, 5.74) is 3.80. The maximum absolute atomic E-state index is 11.8. The number of hydrogen-bond donors (Lipinski definition) is 1. The van der Waals surface area contributed by atoms with Gasteiger partial charge in [-0.1, -0.05) is 18.2 Å². The van der Waals surface area contributed by atoms with Crippen LogP contribution in [0, 0.1) is 13.8 Å². The summed E-state index contributed by atoms with van der Waals surface area (Å²) >= 11 is 0. The Labute approximate surface area is 114 Å². The van der Waals surface area contributed by atoms with Crippen molar-refractivity contribution in [1.82, 2.24) is 10.2 Å². The standard InChI is InChI=1S/C15H22N2O2/c1-11-4-5-13(8-12(11)2)14(16-3)9-17-6-7-19-10-15(17)18/h4-5,8,14,16H,6-7,9-10H2,1-3H3. The molecule has 1 aromatic carbocycles. The van der Waals surface area contributed by atoms with Gasteiger partial charge in [0, 0.05) is 19.1 Å². The largest absolute Gasteiger partial charge is 0.370 e. The SMILES string of the molecule is CNC(CN1CCOCC1=O)c1ccc(C)c(C)c1. The van der Waals surface area contributed by atoms with E-state index in [1.165, 1.54) is 16.7 Å². The first-order valence-corrected chi connectivity index (χ1v) is 6.71. The minimum atomic E-state index is 0.0790. The number of likely N-dealkylation sites (N-methyl/N-ethyl adjacent to an activating group) is 1. The fraction of sp³-hybridized carbons (Fsp3) is 0.533. The number of morpholine rings is 1. The van der Waals surface area contributed by atoms with Crippen molar-refractivity contribution in [2.75, 3.05) is 33.4 Å². The van der Waals surface area contributed by atoms with Gasteiger partial charge in [0.2, 0.25) is 5.91 Å². The lowest BCUT2D eigenvalue weighted by Crippen LogP contribution is -2.45. The van der Waals surface area contributed by atoms with Crippen LogP contribution in [0.3, 0.4) is 0 Å². The van der Waals surface area contributed by atoms with E-state index < -0.39 is 0 Å². The predicted octanol–water partition coefficient (Wildman–Crippen LogP) is 1.42. The molecule has 1 amide bonds. The van der Waals surface area contributed by atoms with E-state index in [1.54, 1.807) is 0 Å². The first-order chi connectivity index (χ1) is 9.11. The Morgan fingerprint density at radius 3 is 2.79 bits per heavy atom. The Bertz CT molecular complexity index is 459. The number of hydrogen-bond acceptors (Lipinski definition) is 3. The summed E-state index contributed by atoms with van der Waals surface area (Å²) in [5.74, 6) is 0.0790. The molecule has 0 radical (unpaired) electrons. The summed E-state index contributed by atoms with van der Waals surface area (Å²) in [6.45, 7) is 6.45. The number of nitrogens with zero attached hydrogens (tertiary/aromatic N) is 1. The molecule has 104 valence electrons. The summed E-state index contributed by atoms with van der Waals surface area (Å²) in [7, 11) is 1.94. The highest BCUT2D eigenvalue weighted by Crippen LogP contribution is 2.18. The quantitative estimate of drug-likeness (QED) is 0.892. The van der Waals surface area contributed by atoms with Crippen molar-refractivity contribution in [3.8, 4) is 0 Å². The molecule has 4 nitrogen and oxygen atoms in total. The summed E-state index contributed by atoms with van der Waals surface area (Å²) in [5, 5.41) is 3.30. The van der Waals surface area contributed by atoms with Crippen LogP contribution in [-0.2, 0) is 9.53 Å². The minimum absolute atomic E-state index is 0.0790. The van der Waals surface area contributed by atoms with E-state index >= 15 is 0 Å². The molecule has 1 aliphatic heterocycles. The smallest absolute Gasteiger partial charge is 0.248 e. The number of aryl methyl sites for hydroxylation is 2. The van der Waals surface area contributed by atoms with Gasteiger partial charge in [0.25, 0.3) is 0 Å². The number of nitrogens with one attached hydrogen (secondary N) is 1. The third kappa shape index (κ3) is 3.33. The lowest BCUT2D eigenvalue weighted by atomic mass is 10.0. The zero-order chi connectivity index (χ0) is 13.8. The van der Waals surface area contributed by atoms with E-state index in [0.717, 1.165) is 0 Å². The van der Waals surface area contributed by atoms with Crippen molar-refractivity contribution in [1.29, 1.82) is 0 Å². The molecule has 1 atom stereocenters. The summed E-state index contributed by atoms with van der Waals surface area (Å²) in [6, 6.07) is 6.63. The highest BCUT2D eigenvalue weighted by molar-refractivity contribution is 5.78.